The standard InChI is InChI=1S/C26H26N2OS/c1-26(2)15-20-24(22(29)16-26)25(23-13-8-14-30-23)28(17-18-9-4-3-5-10-18)21-12-7-6-11-19(21)27-20/h3-14,25,27H,15-17H2,1-2H3/t25-/m0/s1. The van der Waals surface area contributed by atoms with Crippen molar-refractivity contribution in [3.63, 3.8) is 0 Å². The van der Waals surface area contributed by atoms with Crippen molar-refractivity contribution in [2.24, 2.45) is 5.41 Å². The number of carbonyl (C=O) groups is 1. The van der Waals surface area contributed by atoms with Crippen LogP contribution in [-0.2, 0) is 11.3 Å². The number of thiophene rings is 1. The van der Waals surface area contributed by atoms with Crippen molar-refractivity contribution < 1.29 is 4.79 Å². The molecule has 0 bridgehead atoms. The maximum atomic E-state index is 13.5. The van der Waals surface area contributed by atoms with Gasteiger partial charge in [0.25, 0.3) is 0 Å². The lowest BCUT2D eigenvalue weighted by Gasteiger charge is -2.37. The molecule has 0 radical (unpaired) electrons. The van der Waals surface area contributed by atoms with E-state index in [9.17, 15) is 4.79 Å². The Morgan fingerprint density at radius 1 is 1.00 bits per heavy atom. The molecule has 1 aliphatic heterocycles. The average molecular weight is 415 g/mol. The van der Waals surface area contributed by atoms with E-state index in [1.807, 2.05) is 6.07 Å². The van der Waals surface area contributed by atoms with Crippen molar-refractivity contribution in [1.82, 2.24) is 0 Å². The SMILES string of the molecule is CC1(C)CC(=O)C2=C(C1)Nc1ccccc1N(Cc1ccccc1)[C@H]2c1cccs1. The van der Waals surface area contributed by atoms with Crippen LogP contribution in [0.1, 0.15) is 43.2 Å². The molecule has 1 N–H and O–H groups in total. The smallest absolute Gasteiger partial charge is 0.163 e. The van der Waals surface area contributed by atoms with Gasteiger partial charge >= 0.3 is 0 Å². The van der Waals surface area contributed by atoms with Crippen LogP contribution < -0.4 is 10.2 Å². The first-order valence-electron chi connectivity index (χ1n) is 10.5. The molecule has 0 saturated carbocycles. The van der Waals surface area contributed by atoms with Gasteiger partial charge in [-0.2, -0.15) is 0 Å². The second-order valence-electron chi connectivity index (χ2n) is 9.01. The summed E-state index contributed by atoms with van der Waals surface area (Å²) in [5, 5.41) is 5.79. The highest BCUT2D eigenvalue weighted by atomic mass is 32.1. The molecule has 4 heteroatoms. The van der Waals surface area contributed by atoms with Crippen molar-refractivity contribution >= 4 is 28.5 Å². The Morgan fingerprint density at radius 2 is 1.77 bits per heavy atom. The van der Waals surface area contributed by atoms with Gasteiger partial charge in [-0.05, 0) is 41.0 Å². The first-order chi connectivity index (χ1) is 14.5. The summed E-state index contributed by atoms with van der Waals surface area (Å²) >= 11 is 1.73. The fourth-order valence-electron chi connectivity index (χ4n) is 4.75. The predicted octanol–water partition coefficient (Wildman–Crippen LogP) is 6.56. The van der Waals surface area contributed by atoms with Gasteiger partial charge in [-0.15, -0.1) is 11.3 Å². The molecule has 1 aliphatic carbocycles. The molecule has 0 fully saturated rings. The fraction of sp³-hybridized carbons (Fsp3) is 0.269. The minimum Gasteiger partial charge on any atom is -0.357 e. The van der Waals surface area contributed by atoms with E-state index in [0.717, 1.165) is 35.6 Å². The molecule has 2 heterocycles. The number of carbonyl (C=O) groups excluding carboxylic acids is 1. The summed E-state index contributed by atoms with van der Waals surface area (Å²) in [5.41, 5.74) is 5.43. The third-order valence-corrected chi connectivity index (χ3v) is 6.94. The van der Waals surface area contributed by atoms with Crippen molar-refractivity contribution in [2.75, 3.05) is 10.2 Å². The number of ketones is 1. The highest BCUT2D eigenvalue weighted by molar-refractivity contribution is 7.10. The third kappa shape index (κ3) is 3.46. The van der Waals surface area contributed by atoms with Gasteiger partial charge < -0.3 is 10.2 Å². The summed E-state index contributed by atoms with van der Waals surface area (Å²) in [7, 11) is 0. The number of allylic oxidation sites excluding steroid dienone is 1. The average Bonchev–Trinajstić information content (AvgIpc) is 3.20. The number of nitrogens with one attached hydrogen (secondary N) is 1. The van der Waals surface area contributed by atoms with Crippen LogP contribution in [0.5, 0.6) is 0 Å². The minimum atomic E-state index is -0.0834. The number of rotatable bonds is 3. The molecule has 3 aromatic rings. The molecule has 0 saturated heterocycles. The highest BCUT2D eigenvalue weighted by Crippen LogP contribution is 2.49. The van der Waals surface area contributed by atoms with Gasteiger partial charge in [-0.1, -0.05) is 62.4 Å². The van der Waals surface area contributed by atoms with E-state index in [0.29, 0.717) is 6.42 Å². The van der Waals surface area contributed by atoms with Crippen molar-refractivity contribution in [3.05, 3.63) is 93.8 Å². The van der Waals surface area contributed by atoms with Crippen molar-refractivity contribution in [2.45, 2.75) is 39.3 Å². The quantitative estimate of drug-likeness (QED) is 0.526. The van der Waals surface area contributed by atoms with Crippen LogP contribution in [0.15, 0.2) is 83.4 Å². The van der Waals surface area contributed by atoms with Crippen LogP contribution in [0.3, 0.4) is 0 Å². The van der Waals surface area contributed by atoms with Crippen LogP contribution in [0.2, 0.25) is 0 Å². The lowest BCUT2D eigenvalue weighted by Crippen LogP contribution is -2.35. The first-order valence-corrected chi connectivity index (χ1v) is 11.4. The Bertz CT molecular complexity index is 1100. The lowest BCUT2D eigenvalue weighted by atomic mass is 9.74. The molecule has 0 amide bonds. The van der Waals surface area contributed by atoms with Crippen LogP contribution in [0.4, 0.5) is 11.4 Å². The number of Topliss-reactive ketones (excluding diaryl/α,β-unsaturated/α-hetero) is 1. The van der Waals surface area contributed by atoms with E-state index in [4.69, 9.17) is 0 Å². The molecule has 0 unspecified atom stereocenters. The van der Waals surface area contributed by atoms with Gasteiger partial charge in [0.2, 0.25) is 0 Å². The normalized spacial score (nSPS) is 20.3. The number of anilines is 2. The lowest BCUT2D eigenvalue weighted by molar-refractivity contribution is -0.118. The van der Waals surface area contributed by atoms with E-state index in [2.05, 4.69) is 90.1 Å². The number of para-hydroxylation sites is 2. The number of fused-ring (bicyclic) bond motifs is 1. The Morgan fingerprint density at radius 3 is 2.53 bits per heavy atom. The van der Waals surface area contributed by atoms with Gasteiger partial charge in [-0.25, -0.2) is 0 Å². The number of nitrogens with zero attached hydrogens (tertiary/aromatic N) is 1. The zero-order valence-electron chi connectivity index (χ0n) is 17.4. The summed E-state index contributed by atoms with van der Waals surface area (Å²) in [4.78, 5) is 17.1. The van der Waals surface area contributed by atoms with Gasteiger partial charge in [0.1, 0.15) is 0 Å². The van der Waals surface area contributed by atoms with Crippen LogP contribution >= 0.6 is 11.3 Å². The Hall–Kier alpha value is -2.85. The molecule has 1 aromatic heterocycles. The predicted molar refractivity (Wildman–Crippen MR) is 125 cm³/mol. The van der Waals surface area contributed by atoms with Gasteiger partial charge in [0, 0.05) is 29.1 Å². The monoisotopic (exact) mass is 414 g/mol. The van der Waals surface area contributed by atoms with Gasteiger partial charge in [0.05, 0.1) is 17.4 Å². The summed E-state index contributed by atoms with van der Waals surface area (Å²) in [6.45, 7) is 5.12. The number of hydrogen-bond acceptors (Lipinski definition) is 4. The Labute approximate surface area is 182 Å². The molecule has 1 atom stereocenters. The zero-order chi connectivity index (χ0) is 20.7. The summed E-state index contributed by atoms with van der Waals surface area (Å²) < 4.78 is 0. The van der Waals surface area contributed by atoms with E-state index in [1.54, 1.807) is 11.3 Å². The number of hydrogen-bond donors (Lipinski definition) is 1. The summed E-state index contributed by atoms with van der Waals surface area (Å²) in [5.74, 6) is 0.262. The Balaban J connectivity index is 1.72. The Kier molecular flexibility index (Phi) is 4.75. The summed E-state index contributed by atoms with van der Waals surface area (Å²) in [6, 6.07) is 23.1. The van der Waals surface area contributed by atoms with E-state index < -0.39 is 0 Å². The molecule has 2 aliphatic rings. The fourth-order valence-corrected chi connectivity index (χ4v) is 5.60. The summed E-state index contributed by atoms with van der Waals surface area (Å²) in [6.07, 6.45) is 1.47. The van der Waals surface area contributed by atoms with E-state index >= 15 is 0 Å². The number of benzene rings is 2. The highest BCUT2D eigenvalue weighted by Gasteiger charge is 2.41. The van der Waals surface area contributed by atoms with Gasteiger partial charge in [-0.3, -0.25) is 4.79 Å². The van der Waals surface area contributed by atoms with Crippen molar-refractivity contribution in [1.29, 1.82) is 0 Å². The molecule has 2 aromatic carbocycles. The molecular formula is C26H26N2OS. The zero-order valence-corrected chi connectivity index (χ0v) is 18.2. The molecule has 5 rings (SSSR count). The molecular weight excluding hydrogens is 388 g/mol. The van der Waals surface area contributed by atoms with Crippen LogP contribution in [0, 0.1) is 5.41 Å². The van der Waals surface area contributed by atoms with Crippen molar-refractivity contribution in [3.8, 4) is 0 Å². The molecule has 0 spiro atoms. The molecule has 3 nitrogen and oxygen atoms in total. The van der Waals surface area contributed by atoms with E-state index in [1.165, 1.54) is 10.4 Å². The molecule has 30 heavy (non-hydrogen) atoms. The first kappa shape index (κ1) is 19.1. The largest absolute Gasteiger partial charge is 0.357 e. The van der Waals surface area contributed by atoms with E-state index in [-0.39, 0.29) is 17.2 Å². The maximum Gasteiger partial charge on any atom is 0.163 e. The second kappa shape index (κ2) is 7.44. The molecule has 152 valence electrons. The minimum absolute atomic E-state index is 0.0353. The third-order valence-electron chi connectivity index (χ3n) is 6.01. The van der Waals surface area contributed by atoms with Crippen LogP contribution in [-0.4, -0.2) is 5.78 Å². The topological polar surface area (TPSA) is 32.3 Å². The second-order valence-corrected chi connectivity index (χ2v) is 9.99. The maximum absolute atomic E-state index is 13.5. The van der Waals surface area contributed by atoms with Gasteiger partial charge in [0.15, 0.2) is 5.78 Å². The van der Waals surface area contributed by atoms with Crippen LogP contribution in [0.25, 0.3) is 0 Å².